The van der Waals surface area contributed by atoms with E-state index in [4.69, 9.17) is 4.74 Å². The molecular weight excluding hydrogens is 252 g/mol. The third-order valence-electron chi connectivity index (χ3n) is 3.32. The highest BCUT2D eigenvalue weighted by atomic mass is 16.5. The molecule has 1 amide bonds. The van der Waals surface area contributed by atoms with E-state index in [0.29, 0.717) is 18.6 Å². The monoisotopic (exact) mass is 278 g/mol. The largest absolute Gasteiger partial charge is 0.383 e. The first-order chi connectivity index (χ1) is 9.43. The summed E-state index contributed by atoms with van der Waals surface area (Å²) >= 11 is 0. The first-order valence-corrected chi connectivity index (χ1v) is 7.06. The lowest BCUT2D eigenvalue weighted by molar-refractivity contribution is -0.114. The lowest BCUT2D eigenvalue weighted by Gasteiger charge is -2.26. The second-order valence-corrected chi connectivity index (χ2v) is 5.50. The van der Waals surface area contributed by atoms with Crippen LogP contribution in [0.5, 0.6) is 0 Å². The predicted molar refractivity (Wildman–Crippen MR) is 82.8 cm³/mol. The molecule has 0 aliphatic carbocycles. The van der Waals surface area contributed by atoms with Gasteiger partial charge in [-0.1, -0.05) is 26.0 Å². The van der Waals surface area contributed by atoms with Crippen LogP contribution >= 0.6 is 0 Å². The molecule has 0 radical (unpaired) electrons. The number of carbonyl (C=O) groups excluding carboxylic acids is 1. The second kappa shape index (κ2) is 8.02. The highest BCUT2D eigenvalue weighted by Gasteiger charge is 2.16. The minimum absolute atomic E-state index is 0.0535. The summed E-state index contributed by atoms with van der Waals surface area (Å²) in [5.74, 6) is 0.443. The van der Waals surface area contributed by atoms with Gasteiger partial charge in [0, 0.05) is 31.8 Å². The summed E-state index contributed by atoms with van der Waals surface area (Å²) in [6.07, 6.45) is 0. The number of hydrogen-bond acceptors (Lipinski definition) is 3. The lowest BCUT2D eigenvalue weighted by Crippen LogP contribution is -2.39. The van der Waals surface area contributed by atoms with Crippen molar-refractivity contribution in [3.8, 4) is 0 Å². The molecular formula is C16H26N2O2. The van der Waals surface area contributed by atoms with E-state index < -0.39 is 0 Å². The smallest absolute Gasteiger partial charge is 0.221 e. The molecule has 1 aromatic rings. The molecule has 1 rings (SSSR count). The van der Waals surface area contributed by atoms with Gasteiger partial charge in [0.1, 0.15) is 0 Å². The summed E-state index contributed by atoms with van der Waals surface area (Å²) in [4.78, 5) is 11.1. The van der Waals surface area contributed by atoms with Crippen molar-refractivity contribution in [2.75, 3.05) is 19.0 Å². The Morgan fingerprint density at radius 3 is 2.55 bits per heavy atom. The Morgan fingerprint density at radius 1 is 1.30 bits per heavy atom. The van der Waals surface area contributed by atoms with Crippen molar-refractivity contribution in [3.05, 3.63) is 29.8 Å². The SMILES string of the molecule is COCC(NC(C)c1cccc(NC(C)=O)c1)C(C)C. The number of nitrogens with one attached hydrogen (secondary N) is 2. The molecule has 0 saturated carbocycles. The minimum atomic E-state index is -0.0535. The van der Waals surface area contributed by atoms with Crippen LogP contribution in [0.2, 0.25) is 0 Å². The zero-order chi connectivity index (χ0) is 15.1. The third kappa shape index (κ3) is 5.31. The van der Waals surface area contributed by atoms with Crippen molar-refractivity contribution in [2.24, 2.45) is 5.92 Å². The van der Waals surface area contributed by atoms with Crippen LogP contribution in [0.15, 0.2) is 24.3 Å². The molecule has 0 saturated heterocycles. The molecule has 0 aliphatic heterocycles. The molecule has 1 aromatic carbocycles. The van der Waals surface area contributed by atoms with Gasteiger partial charge in [0.05, 0.1) is 6.61 Å². The van der Waals surface area contributed by atoms with Crippen LogP contribution < -0.4 is 10.6 Å². The molecule has 112 valence electrons. The maximum Gasteiger partial charge on any atom is 0.221 e. The quantitative estimate of drug-likeness (QED) is 0.806. The molecule has 0 bridgehead atoms. The van der Waals surface area contributed by atoms with Crippen LogP contribution in [-0.4, -0.2) is 25.7 Å². The van der Waals surface area contributed by atoms with Crippen LogP contribution in [-0.2, 0) is 9.53 Å². The number of amides is 1. The molecule has 2 atom stereocenters. The Labute approximate surface area is 121 Å². The normalized spacial score (nSPS) is 14.1. The van der Waals surface area contributed by atoms with Gasteiger partial charge < -0.3 is 15.4 Å². The molecule has 20 heavy (non-hydrogen) atoms. The summed E-state index contributed by atoms with van der Waals surface area (Å²) in [5, 5.41) is 6.39. The molecule has 2 N–H and O–H groups in total. The summed E-state index contributed by atoms with van der Waals surface area (Å²) in [6.45, 7) is 8.68. The van der Waals surface area contributed by atoms with Gasteiger partial charge in [0.2, 0.25) is 5.91 Å². The minimum Gasteiger partial charge on any atom is -0.383 e. The first kappa shape index (κ1) is 16.7. The van der Waals surface area contributed by atoms with Gasteiger partial charge in [-0.2, -0.15) is 0 Å². The number of hydrogen-bond donors (Lipinski definition) is 2. The molecule has 0 heterocycles. The van der Waals surface area contributed by atoms with Gasteiger partial charge in [-0.05, 0) is 30.5 Å². The van der Waals surface area contributed by atoms with Crippen molar-refractivity contribution in [1.29, 1.82) is 0 Å². The number of methoxy groups -OCH3 is 1. The van der Waals surface area contributed by atoms with Gasteiger partial charge in [0.25, 0.3) is 0 Å². The summed E-state index contributed by atoms with van der Waals surface area (Å²) in [6, 6.07) is 8.42. The van der Waals surface area contributed by atoms with Crippen LogP contribution in [0.4, 0.5) is 5.69 Å². The third-order valence-corrected chi connectivity index (χ3v) is 3.32. The van der Waals surface area contributed by atoms with E-state index in [1.807, 2.05) is 18.2 Å². The molecule has 0 aliphatic rings. The fourth-order valence-electron chi connectivity index (χ4n) is 2.12. The van der Waals surface area contributed by atoms with Crippen molar-refractivity contribution >= 4 is 11.6 Å². The Balaban J connectivity index is 2.75. The van der Waals surface area contributed by atoms with Gasteiger partial charge in [0.15, 0.2) is 0 Å². The Kier molecular flexibility index (Phi) is 6.68. The average molecular weight is 278 g/mol. The van der Waals surface area contributed by atoms with E-state index in [9.17, 15) is 4.79 Å². The maximum atomic E-state index is 11.1. The van der Waals surface area contributed by atoms with Gasteiger partial charge >= 0.3 is 0 Å². The summed E-state index contributed by atoms with van der Waals surface area (Å²) in [7, 11) is 1.72. The van der Waals surface area contributed by atoms with E-state index in [0.717, 1.165) is 11.3 Å². The lowest BCUT2D eigenvalue weighted by atomic mass is 10.0. The van der Waals surface area contributed by atoms with Gasteiger partial charge in [-0.3, -0.25) is 4.79 Å². The molecule has 0 fully saturated rings. The molecule has 4 nitrogen and oxygen atoms in total. The van der Waals surface area contributed by atoms with Crippen molar-refractivity contribution in [2.45, 2.75) is 39.8 Å². The predicted octanol–water partition coefficient (Wildman–Crippen LogP) is 2.97. The maximum absolute atomic E-state index is 11.1. The fraction of sp³-hybridized carbons (Fsp3) is 0.562. The van der Waals surface area contributed by atoms with Crippen LogP contribution in [0.25, 0.3) is 0 Å². The number of rotatable bonds is 7. The van der Waals surface area contributed by atoms with Crippen molar-refractivity contribution in [3.63, 3.8) is 0 Å². The average Bonchev–Trinajstić information content (AvgIpc) is 2.37. The standard InChI is InChI=1S/C16H26N2O2/c1-11(2)16(10-20-5)17-12(3)14-7-6-8-15(9-14)18-13(4)19/h6-9,11-12,16-17H,10H2,1-5H3,(H,18,19). The summed E-state index contributed by atoms with van der Waals surface area (Å²) in [5.41, 5.74) is 1.98. The van der Waals surface area contributed by atoms with E-state index in [1.54, 1.807) is 7.11 Å². The topological polar surface area (TPSA) is 50.4 Å². The zero-order valence-electron chi connectivity index (χ0n) is 13.1. The van der Waals surface area contributed by atoms with E-state index >= 15 is 0 Å². The zero-order valence-corrected chi connectivity index (χ0v) is 13.1. The van der Waals surface area contributed by atoms with Crippen molar-refractivity contribution < 1.29 is 9.53 Å². The number of ether oxygens (including phenoxy) is 1. The molecule has 4 heteroatoms. The van der Waals surface area contributed by atoms with E-state index in [2.05, 4.69) is 37.5 Å². The Hall–Kier alpha value is -1.39. The highest BCUT2D eigenvalue weighted by Crippen LogP contribution is 2.19. The summed E-state index contributed by atoms with van der Waals surface area (Å²) < 4.78 is 5.26. The van der Waals surface area contributed by atoms with E-state index in [1.165, 1.54) is 6.92 Å². The van der Waals surface area contributed by atoms with Crippen LogP contribution in [0, 0.1) is 5.92 Å². The molecule has 0 aromatic heterocycles. The van der Waals surface area contributed by atoms with Crippen LogP contribution in [0.1, 0.15) is 39.3 Å². The van der Waals surface area contributed by atoms with Gasteiger partial charge in [-0.15, -0.1) is 0 Å². The number of anilines is 1. The molecule has 2 unspecified atom stereocenters. The van der Waals surface area contributed by atoms with Crippen LogP contribution in [0.3, 0.4) is 0 Å². The molecule has 0 spiro atoms. The highest BCUT2D eigenvalue weighted by molar-refractivity contribution is 5.88. The first-order valence-electron chi connectivity index (χ1n) is 7.06. The second-order valence-electron chi connectivity index (χ2n) is 5.50. The Bertz CT molecular complexity index is 432. The van der Waals surface area contributed by atoms with Crippen molar-refractivity contribution in [1.82, 2.24) is 5.32 Å². The number of benzene rings is 1. The number of carbonyl (C=O) groups is 1. The van der Waals surface area contributed by atoms with Gasteiger partial charge in [-0.25, -0.2) is 0 Å². The van der Waals surface area contributed by atoms with E-state index in [-0.39, 0.29) is 11.9 Å². The Morgan fingerprint density at radius 2 is 2.00 bits per heavy atom. The fourth-order valence-corrected chi connectivity index (χ4v) is 2.12.